The first kappa shape index (κ1) is 26.9. The summed E-state index contributed by atoms with van der Waals surface area (Å²) in [5.41, 5.74) is 1.12. The third kappa shape index (κ3) is 7.47. The fourth-order valence-electron chi connectivity index (χ4n) is 2.56. The predicted octanol–water partition coefficient (Wildman–Crippen LogP) is 0.0769. The van der Waals surface area contributed by atoms with Crippen molar-refractivity contribution < 1.29 is 42.3 Å². The number of fused-ring (bicyclic) bond motifs is 3. The number of carbonyl (C=O) groups excluding carboxylic acids is 2. The molecule has 0 spiro atoms. The molecule has 5 aromatic rings. The second-order valence-electron chi connectivity index (χ2n) is 5.96. The number of aromatic carboxylic acids is 2. The number of benzene rings is 1. The first-order valence-corrected chi connectivity index (χ1v) is 8.97. The van der Waals surface area contributed by atoms with E-state index < -0.39 is 23.3 Å². The van der Waals surface area contributed by atoms with Crippen LogP contribution in [0.3, 0.4) is 0 Å². The van der Waals surface area contributed by atoms with Crippen molar-refractivity contribution in [2.75, 3.05) is 0 Å². The number of carboxylic acid groups (broad SMARTS) is 2. The Kier molecular flexibility index (Phi) is 10.8. The summed E-state index contributed by atoms with van der Waals surface area (Å²) >= 11 is 0. The average molecular weight is 487 g/mol. The number of pyridine rings is 3. The summed E-state index contributed by atoms with van der Waals surface area (Å²) in [5.74, 6) is -3.03. The first-order valence-electron chi connectivity index (χ1n) is 8.97. The number of imidazole rings is 1. The number of hydrogen-bond acceptors (Lipinski definition) is 8. The molecular formula is C22H18MnN5O5+. The number of H-pyrrole nitrogens is 1. The van der Waals surface area contributed by atoms with E-state index in [0.717, 1.165) is 33.9 Å². The molecule has 11 heteroatoms. The van der Waals surface area contributed by atoms with Crippen molar-refractivity contribution in [1.29, 1.82) is 0 Å². The van der Waals surface area contributed by atoms with Crippen LogP contribution in [0.15, 0.2) is 85.7 Å². The number of rotatable bonds is 2. The average Bonchev–Trinajstić information content (AvgIpc) is 3.40. The van der Waals surface area contributed by atoms with Gasteiger partial charge in [-0.3, -0.25) is 9.97 Å². The Hall–Kier alpha value is -4.18. The molecule has 0 amide bonds. The van der Waals surface area contributed by atoms with Crippen molar-refractivity contribution in [3.05, 3.63) is 97.1 Å². The summed E-state index contributed by atoms with van der Waals surface area (Å²) in [5, 5.41) is 22.7. The minimum atomic E-state index is -1.52. The van der Waals surface area contributed by atoms with Crippen LogP contribution in [0.2, 0.25) is 0 Å². The summed E-state index contributed by atoms with van der Waals surface area (Å²) in [4.78, 5) is 38.7. The smallest absolute Gasteiger partial charge is 0.543 e. The number of carbonyl (C=O) groups is 2. The molecule has 0 atom stereocenters. The molecule has 0 unspecified atom stereocenters. The topological polar surface area (TPSA) is 181 Å². The molecule has 10 nitrogen and oxygen atoms in total. The zero-order chi connectivity index (χ0) is 22.1. The molecule has 0 fully saturated rings. The van der Waals surface area contributed by atoms with E-state index in [1.807, 2.05) is 12.1 Å². The zero-order valence-corrected chi connectivity index (χ0v) is 18.1. The predicted molar refractivity (Wildman–Crippen MR) is 113 cm³/mol. The van der Waals surface area contributed by atoms with E-state index in [-0.39, 0.29) is 22.5 Å². The summed E-state index contributed by atoms with van der Waals surface area (Å²) in [6.07, 6.45) is 8.69. The number of nitrogens with one attached hydrogen (secondary N) is 1. The minimum absolute atomic E-state index is 0. The van der Waals surface area contributed by atoms with Crippen LogP contribution >= 0.6 is 0 Å². The van der Waals surface area contributed by atoms with Crippen LogP contribution in [-0.2, 0) is 22.5 Å². The zero-order valence-electron chi connectivity index (χ0n) is 17.0. The number of hydrogen-bond donors (Lipinski definition) is 1. The number of aromatic nitrogens is 5. The summed E-state index contributed by atoms with van der Waals surface area (Å²) in [7, 11) is 0. The van der Waals surface area contributed by atoms with Crippen LogP contribution in [-0.4, -0.2) is 36.9 Å². The molecule has 33 heavy (non-hydrogen) atoms. The number of nitrogens with zero attached hydrogens (tertiary/aromatic N) is 4. The molecule has 4 N–H and O–H groups in total. The second-order valence-corrected chi connectivity index (χ2v) is 5.96. The van der Waals surface area contributed by atoms with Gasteiger partial charge in [-0.25, -0.2) is 9.97 Å². The molecule has 0 bridgehead atoms. The van der Waals surface area contributed by atoms with Gasteiger partial charge in [-0.1, -0.05) is 30.3 Å². The Balaban J connectivity index is 0.000000263. The van der Waals surface area contributed by atoms with Crippen molar-refractivity contribution in [2.45, 2.75) is 0 Å². The third-order valence-electron chi connectivity index (χ3n) is 3.92. The first-order chi connectivity index (χ1) is 15.1. The van der Waals surface area contributed by atoms with E-state index in [1.165, 1.54) is 6.07 Å². The van der Waals surface area contributed by atoms with Gasteiger partial charge in [-0.2, -0.15) is 0 Å². The van der Waals surface area contributed by atoms with Crippen LogP contribution < -0.4 is 10.2 Å². The van der Waals surface area contributed by atoms with Crippen LogP contribution in [0, 0.1) is 0 Å². The fraction of sp³-hybridized carbons (Fsp3) is 0. The number of carboxylic acids is 2. The fourth-order valence-corrected chi connectivity index (χ4v) is 2.56. The van der Waals surface area contributed by atoms with Gasteiger partial charge in [0.05, 0.1) is 40.7 Å². The third-order valence-corrected chi connectivity index (χ3v) is 3.92. The molecular weight excluding hydrogens is 469 g/mol. The van der Waals surface area contributed by atoms with Gasteiger partial charge in [0, 0.05) is 35.6 Å². The molecule has 4 aromatic heterocycles. The molecule has 167 valence electrons. The van der Waals surface area contributed by atoms with Gasteiger partial charge in [-0.05, 0) is 24.3 Å². The van der Waals surface area contributed by atoms with Crippen LogP contribution in [0.1, 0.15) is 21.0 Å². The normalized spacial score (nSPS) is 9.21. The summed E-state index contributed by atoms with van der Waals surface area (Å²) in [6, 6.07) is 15.7. The van der Waals surface area contributed by atoms with Gasteiger partial charge in [0.25, 0.3) is 0 Å². The molecule has 4 heterocycles. The Bertz CT molecular complexity index is 1210. The molecule has 0 saturated carbocycles. The maximum atomic E-state index is 10.2. The number of aromatic amines is 1. The molecule has 0 aliphatic heterocycles. The quantitative estimate of drug-likeness (QED) is 0.206. The van der Waals surface area contributed by atoms with Crippen molar-refractivity contribution in [3.63, 3.8) is 0 Å². The van der Waals surface area contributed by atoms with Gasteiger partial charge in [0.15, 0.2) is 0 Å². The van der Waals surface area contributed by atoms with Crippen LogP contribution in [0.4, 0.5) is 0 Å². The van der Waals surface area contributed by atoms with Gasteiger partial charge >= 0.3 is 17.1 Å². The Morgan fingerprint density at radius 2 is 1.24 bits per heavy atom. The SMILES string of the molecule is O=C([O-])c1cccc(C(=O)[O-])n1.[Mn+2].[OH3+].c1c[nH]cn1.c1cnc2c(c1)ccc1cccnc12. The van der Waals surface area contributed by atoms with Gasteiger partial charge in [0.1, 0.15) is 0 Å². The van der Waals surface area contributed by atoms with E-state index in [1.54, 1.807) is 31.1 Å². The maximum absolute atomic E-state index is 10.2. The second kappa shape index (κ2) is 13.3. The molecule has 0 aliphatic rings. The molecule has 1 aromatic carbocycles. The van der Waals surface area contributed by atoms with E-state index in [9.17, 15) is 19.8 Å². The van der Waals surface area contributed by atoms with Crippen molar-refractivity contribution in [2.24, 2.45) is 0 Å². The van der Waals surface area contributed by atoms with Crippen molar-refractivity contribution in [3.8, 4) is 0 Å². The largest absolute Gasteiger partial charge is 2.00 e. The van der Waals surface area contributed by atoms with E-state index >= 15 is 0 Å². The Morgan fingerprint density at radius 3 is 1.61 bits per heavy atom. The van der Waals surface area contributed by atoms with E-state index in [4.69, 9.17) is 0 Å². The molecule has 0 saturated heterocycles. The van der Waals surface area contributed by atoms with E-state index in [0.29, 0.717) is 0 Å². The van der Waals surface area contributed by atoms with Crippen LogP contribution in [0.5, 0.6) is 0 Å². The Morgan fingerprint density at radius 1 is 0.727 bits per heavy atom. The van der Waals surface area contributed by atoms with E-state index in [2.05, 4.69) is 49.2 Å². The van der Waals surface area contributed by atoms with Gasteiger partial charge in [0.2, 0.25) is 0 Å². The van der Waals surface area contributed by atoms with Crippen molar-refractivity contribution in [1.82, 2.24) is 24.9 Å². The monoisotopic (exact) mass is 487 g/mol. The molecule has 1 radical (unpaired) electrons. The maximum Gasteiger partial charge on any atom is 2.00 e. The minimum Gasteiger partial charge on any atom is -0.543 e. The molecule has 5 rings (SSSR count). The van der Waals surface area contributed by atoms with Gasteiger partial charge < -0.3 is 30.3 Å². The summed E-state index contributed by atoms with van der Waals surface area (Å²) in [6.45, 7) is 0. The van der Waals surface area contributed by atoms with Crippen molar-refractivity contribution >= 4 is 33.7 Å². The van der Waals surface area contributed by atoms with Crippen LogP contribution in [0.25, 0.3) is 21.8 Å². The Labute approximate surface area is 198 Å². The summed E-state index contributed by atoms with van der Waals surface area (Å²) < 4.78 is 0. The van der Waals surface area contributed by atoms with Gasteiger partial charge in [-0.15, -0.1) is 0 Å². The standard InChI is InChI=1S/C12H8N2.C7H5NO4.C3H4N2.Mn.H2O/c1-3-9-5-6-10-4-2-8-14-12(10)11(9)13-7-1;9-6(10)4-2-1-3-5(8-4)7(11)12;1-2-5-3-4-1;;/h1-8H;1-3H,(H,9,10)(H,11,12);1-3H,(H,4,5);;1H2/q;;;+2;/p-1. The molecule has 0 aliphatic carbocycles.